The van der Waals surface area contributed by atoms with Gasteiger partial charge in [0.15, 0.2) is 0 Å². The fourth-order valence-electron chi connectivity index (χ4n) is 0.764. The number of rotatable bonds is 4. The van der Waals surface area contributed by atoms with Gasteiger partial charge in [0.2, 0.25) is 0 Å². The van der Waals surface area contributed by atoms with Crippen LogP contribution in [-0.2, 0) is 0 Å². The lowest BCUT2D eigenvalue weighted by Gasteiger charge is -2.12. The first-order chi connectivity index (χ1) is 5.16. The topological polar surface area (TPSA) is 27.6 Å². The normalized spacial score (nSPS) is 12.3. The molecule has 0 aliphatic heterocycles. The van der Waals surface area contributed by atoms with Crippen molar-refractivity contribution < 1.29 is 0 Å². The van der Waals surface area contributed by atoms with Gasteiger partial charge in [-0.05, 0) is 13.3 Å². The zero-order valence-corrected chi connectivity index (χ0v) is 8.02. The Labute approximate surface area is 69.5 Å². The second-order valence-corrected chi connectivity index (χ2v) is 2.83. The van der Waals surface area contributed by atoms with Gasteiger partial charge in [-0.1, -0.05) is 13.3 Å². The number of hydrogen-bond acceptors (Lipinski definition) is 2. The van der Waals surface area contributed by atoms with Gasteiger partial charge in [-0.3, -0.25) is 4.99 Å². The van der Waals surface area contributed by atoms with E-state index < -0.39 is 0 Å². The molecule has 0 unspecified atom stereocenters. The van der Waals surface area contributed by atoms with Gasteiger partial charge in [0.25, 0.3) is 0 Å². The van der Waals surface area contributed by atoms with Gasteiger partial charge >= 0.3 is 0 Å². The number of nitrogens with one attached hydrogen (secondary N) is 1. The van der Waals surface area contributed by atoms with E-state index in [0.717, 1.165) is 12.4 Å². The number of amidine groups is 1. The minimum Gasteiger partial charge on any atom is -0.308 e. The zero-order valence-electron chi connectivity index (χ0n) is 8.02. The second-order valence-electron chi connectivity index (χ2n) is 2.83. The SMILES string of the molecule is CCCCN=C(C)NN(C)C. The van der Waals surface area contributed by atoms with Gasteiger partial charge in [0.05, 0.1) is 0 Å². The molecule has 0 bridgehead atoms. The number of unbranched alkanes of at least 4 members (excludes halogenated alkanes) is 1. The molecule has 0 aromatic rings. The van der Waals surface area contributed by atoms with Gasteiger partial charge in [-0.2, -0.15) is 0 Å². The molecule has 0 aromatic heterocycles. The number of aliphatic imine (C=N–C) groups is 1. The molecule has 0 aromatic carbocycles. The van der Waals surface area contributed by atoms with Crippen LogP contribution >= 0.6 is 0 Å². The van der Waals surface area contributed by atoms with E-state index in [2.05, 4.69) is 17.3 Å². The van der Waals surface area contributed by atoms with E-state index >= 15 is 0 Å². The summed E-state index contributed by atoms with van der Waals surface area (Å²) in [6.45, 7) is 5.09. The third-order valence-electron chi connectivity index (χ3n) is 1.25. The molecular formula is C8H19N3. The van der Waals surface area contributed by atoms with E-state index in [1.165, 1.54) is 12.8 Å². The first-order valence-corrected chi connectivity index (χ1v) is 4.11. The van der Waals surface area contributed by atoms with Gasteiger partial charge in [0, 0.05) is 20.6 Å². The highest BCUT2D eigenvalue weighted by Crippen LogP contribution is 1.86. The van der Waals surface area contributed by atoms with E-state index in [1.54, 1.807) is 0 Å². The highest BCUT2D eigenvalue weighted by atomic mass is 15.5. The van der Waals surface area contributed by atoms with Crippen LogP contribution in [0.4, 0.5) is 0 Å². The minimum atomic E-state index is 0.934. The summed E-state index contributed by atoms with van der Waals surface area (Å²) in [5.74, 6) is 0.989. The molecule has 0 rings (SSSR count). The molecule has 1 N–H and O–H groups in total. The van der Waals surface area contributed by atoms with Crippen LogP contribution in [0.5, 0.6) is 0 Å². The molecule has 0 atom stereocenters. The molecule has 0 heterocycles. The molecule has 0 aliphatic carbocycles. The summed E-state index contributed by atoms with van der Waals surface area (Å²) in [6, 6.07) is 0. The lowest BCUT2D eigenvalue weighted by Crippen LogP contribution is -2.34. The Bertz CT molecular complexity index is 119. The molecule has 0 spiro atoms. The molecule has 11 heavy (non-hydrogen) atoms. The Kier molecular flexibility index (Phi) is 5.84. The molecule has 0 amide bonds. The van der Waals surface area contributed by atoms with E-state index in [0.29, 0.717) is 0 Å². The van der Waals surface area contributed by atoms with Crippen molar-refractivity contribution in [1.29, 1.82) is 0 Å². The second kappa shape index (κ2) is 6.16. The van der Waals surface area contributed by atoms with Crippen molar-refractivity contribution in [3.05, 3.63) is 0 Å². The molecule has 0 saturated heterocycles. The maximum Gasteiger partial charge on any atom is 0.107 e. The standard InChI is InChI=1S/C8H19N3/c1-5-6-7-9-8(2)10-11(3)4/h5-7H2,1-4H3,(H,9,10). The Balaban J connectivity index is 3.46. The maximum absolute atomic E-state index is 4.32. The van der Waals surface area contributed by atoms with Crippen molar-refractivity contribution >= 4 is 5.84 Å². The molecule has 0 radical (unpaired) electrons. The molecule has 3 nitrogen and oxygen atoms in total. The third-order valence-corrected chi connectivity index (χ3v) is 1.25. The van der Waals surface area contributed by atoms with E-state index in [1.807, 2.05) is 26.0 Å². The van der Waals surface area contributed by atoms with E-state index in [9.17, 15) is 0 Å². The number of hydrazine groups is 1. The molecular weight excluding hydrogens is 138 g/mol. The zero-order chi connectivity index (χ0) is 8.69. The van der Waals surface area contributed by atoms with Crippen LogP contribution in [-0.4, -0.2) is 31.5 Å². The summed E-state index contributed by atoms with van der Waals surface area (Å²) in [4.78, 5) is 4.32. The van der Waals surface area contributed by atoms with Gasteiger partial charge in [-0.25, -0.2) is 5.01 Å². The van der Waals surface area contributed by atoms with Crippen LogP contribution in [0.15, 0.2) is 4.99 Å². The Morgan fingerprint density at radius 1 is 1.45 bits per heavy atom. The highest BCUT2D eigenvalue weighted by Gasteiger charge is 1.89. The Morgan fingerprint density at radius 3 is 2.55 bits per heavy atom. The Hall–Kier alpha value is -0.570. The fraction of sp³-hybridized carbons (Fsp3) is 0.875. The van der Waals surface area contributed by atoms with Crippen LogP contribution in [0.2, 0.25) is 0 Å². The molecule has 0 saturated carbocycles. The maximum atomic E-state index is 4.32. The fourth-order valence-corrected chi connectivity index (χ4v) is 0.764. The lowest BCUT2D eigenvalue weighted by atomic mass is 10.3. The summed E-state index contributed by atoms with van der Waals surface area (Å²) in [5.41, 5.74) is 3.08. The van der Waals surface area contributed by atoms with Gasteiger partial charge < -0.3 is 5.43 Å². The van der Waals surface area contributed by atoms with Crippen LogP contribution in [0.1, 0.15) is 26.7 Å². The number of nitrogens with zero attached hydrogens (tertiary/aromatic N) is 2. The van der Waals surface area contributed by atoms with Crippen molar-refractivity contribution in [2.45, 2.75) is 26.7 Å². The smallest absolute Gasteiger partial charge is 0.107 e. The first-order valence-electron chi connectivity index (χ1n) is 4.11. The van der Waals surface area contributed by atoms with Gasteiger partial charge in [0.1, 0.15) is 5.84 Å². The van der Waals surface area contributed by atoms with Crippen molar-refractivity contribution in [2.24, 2.45) is 4.99 Å². The predicted octanol–water partition coefficient (Wildman–Crippen LogP) is 1.27. The number of hydrogen-bond donors (Lipinski definition) is 1. The minimum absolute atomic E-state index is 0.934. The summed E-state index contributed by atoms with van der Waals surface area (Å²) in [6.07, 6.45) is 2.38. The largest absolute Gasteiger partial charge is 0.308 e. The summed E-state index contributed by atoms with van der Waals surface area (Å²) < 4.78 is 0. The first kappa shape index (κ1) is 10.4. The third kappa shape index (κ3) is 7.33. The predicted molar refractivity (Wildman–Crippen MR) is 49.7 cm³/mol. The summed E-state index contributed by atoms with van der Waals surface area (Å²) >= 11 is 0. The van der Waals surface area contributed by atoms with Crippen molar-refractivity contribution in [3.8, 4) is 0 Å². The van der Waals surface area contributed by atoms with E-state index in [-0.39, 0.29) is 0 Å². The monoisotopic (exact) mass is 157 g/mol. The van der Waals surface area contributed by atoms with Crippen molar-refractivity contribution in [1.82, 2.24) is 10.4 Å². The average molecular weight is 157 g/mol. The molecule has 66 valence electrons. The summed E-state index contributed by atoms with van der Waals surface area (Å²) in [5, 5.41) is 1.89. The van der Waals surface area contributed by atoms with Crippen LogP contribution < -0.4 is 5.43 Å². The van der Waals surface area contributed by atoms with Crippen LogP contribution in [0.3, 0.4) is 0 Å². The average Bonchev–Trinajstić information content (AvgIpc) is 1.86. The van der Waals surface area contributed by atoms with Crippen LogP contribution in [0, 0.1) is 0 Å². The van der Waals surface area contributed by atoms with Gasteiger partial charge in [-0.15, -0.1) is 0 Å². The lowest BCUT2D eigenvalue weighted by molar-refractivity contribution is 0.361. The summed E-state index contributed by atoms with van der Waals surface area (Å²) in [7, 11) is 3.91. The van der Waals surface area contributed by atoms with Crippen LogP contribution in [0.25, 0.3) is 0 Å². The quantitative estimate of drug-likeness (QED) is 0.288. The van der Waals surface area contributed by atoms with Crippen molar-refractivity contribution in [2.75, 3.05) is 20.6 Å². The highest BCUT2D eigenvalue weighted by molar-refractivity contribution is 5.78. The Morgan fingerprint density at radius 2 is 2.09 bits per heavy atom. The molecule has 0 fully saturated rings. The van der Waals surface area contributed by atoms with E-state index in [4.69, 9.17) is 0 Å². The molecule has 0 aliphatic rings. The molecule has 3 heteroatoms. The van der Waals surface area contributed by atoms with Crippen molar-refractivity contribution in [3.63, 3.8) is 0 Å².